The molecule has 0 saturated carbocycles. The first-order valence-corrected chi connectivity index (χ1v) is 9.54. The van der Waals surface area contributed by atoms with Gasteiger partial charge in [-0.05, 0) is 6.42 Å². The Morgan fingerprint density at radius 3 is 1.83 bits per heavy atom. The van der Waals surface area contributed by atoms with Crippen LogP contribution in [-0.4, -0.2) is 64.3 Å². The average Bonchev–Trinajstić information content (AvgIpc) is 2.59. The molecule has 24 heavy (non-hydrogen) atoms. The minimum Gasteiger partial charge on any atom is -0.394 e. The third-order valence-corrected chi connectivity index (χ3v) is 4.63. The number of rotatable bonds is 13. The standard InChI is InChI=1S/C18H36O6/c1-2-3-4-5-6-7-8-9-10-11-12-23-18-17(22)16(21)15(20)14(13-19)24-18/h14-22H,2-13H2,1H3/t14-,15+,16+,17+,18-/m1/s1. The second kappa shape index (κ2) is 13.0. The summed E-state index contributed by atoms with van der Waals surface area (Å²) in [6, 6.07) is 0. The van der Waals surface area contributed by atoms with Gasteiger partial charge in [0, 0.05) is 6.61 Å². The minimum absolute atomic E-state index is 0.428. The van der Waals surface area contributed by atoms with Crippen molar-refractivity contribution in [3.63, 3.8) is 0 Å². The highest BCUT2D eigenvalue weighted by Crippen LogP contribution is 2.22. The van der Waals surface area contributed by atoms with Crippen LogP contribution in [0.3, 0.4) is 0 Å². The first kappa shape index (κ1) is 21.8. The third kappa shape index (κ3) is 7.76. The van der Waals surface area contributed by atoms with E-state index in [4.69, 9.17) is 14.6 Å². The number of ether oxygens (including phenoxy) is 2. The van der Waals surface area contributed by atoms with Gasteiger partial charge in [-0.2, -0.15) is 0 Å². The summed E-state index contributed by atoms with van der Waals surface area (Å²) in [4.78, 5) is 0. The maximum Gasteiger partial charge on any atom is 0.186 e. The zero-order valence-corrected chi connectivity index (χ0v) is 15.0. The van der Waals surface area contributed by atoms with Crippen LogP contribution in [0.2, 0.25) is 0 Å². The van der Waals surface area contributed by atoms with Gasteiger partial charge < -0.3 is 29.9 Å². The second-order valence-electron chi connectivity index (χ2n) is 6.75. The normalized spacial score (nSPS) is 30.6. The van der Waals surface area contributed by atoms with Crippen LogP contribution in [0.1, 0.15) is 71.1 Å². The van der Waals surface area contributed by atoms with Gasteiger partial charge in [-0.3, -0.25) is 0 Å². The molecule has 0 radical (unpaired) electrons. The predicted molar refractivity (Wildman–Crippen MR) is 91.6 cm³/mol. The quantitative estimate of drug-likeness (QED) is 0.378. The first-order valence-electron chi connectivity index (χ1n) is 9.54. The zero-order valence-electron chi connectivity index (χ0n) is 15.0. The van der Waals surface area contributed by atoms with Crippen molar-refractivity contribution < 1.29 is 29.9 Å². The van der Waals surface area contributed by atoms with E-state index in [2.05, 4.69) is 6.92 Å². The molecule has 5 atom stereocenters. The topological polar surface area (TPSA) is 99.4 Å². The summed E-state index contributed by atoms with van der Waals surface area (Å²) in [5.74, 6) is 0. The van der Waals surface area contributed by atoms with Gasteiger partial charge in [0.2, 0.25) is 0 Å². The molecular weight excluding hydrogens is 312 g/mol. The lowest BCUT2D eigenvalue weighted by atomic mass is 9.99. The van der Waals surface area contributed by atoms with Crippen LogP contribution in [0.15, 0.2) is 0 Å². The van der Waals surface area contributed by atoms with E-state index < -0.39 is 37.3 Å². The molecule has 0 aromatic rings. The lowest BCUT2D eigenvalue weighted by molar-refractivity contribution is -0.301. The lowest BCUT2D eigenvalue weighted by Crippen LogP contribution is -2.59. The molecule has 0 unspecified atom stereocenters. The van der Waals surface area contributed by atoms with Gasteiger partial charge in [0.05, 0.1) is 6.61 Å². The molecule has 0 aromatic heterocycles. The van der Waals surface area contributed by atoms with Gasteiger partial charge in [-0.25, -0.2) is 0 Å². The molecule has 144 valence electrons. The molecule has 0 amide bonds. The fourth-order valence-electron chi connectivity index (χ4n) is 2.99. The summed E-state index contributed by atoms with van der Waals surface area (Å²) in [7, 11) is 0. The molecule has 1 saturated heterocycles. The predicted octanol–water partition coefficient (Wildman–Crippen LogP) is 1.72. The molecular formula is C18H36O6. The smallest absolute Gasteiger partial charge is 0.186 e. The van der Waals surface area contributed by atoms with Gasteiger partial charge in [-0.1, -0.05) is 64.7 Å². The maximum atomic E-state index is 9.84. The molecule has 1 heterocycles. The van der Waals surface area contributed by atoms with Crippen molar-refractivity contribution in [2.75, 3.05) is 13.2 Å². The van der Waals surface area contributed by atoms with Crippen molar-refractivity contribution in [2.24, 2.45) is 0 Å². The van der Waals surface area contributed by atoms with E-state index in [-0.39, 0.29) is 0 Å². The van der Waals surface area contributed by atoms with Crippen molar-refractivity contribution >= 4 is 0 Å². The molecule has 4 N–H and O–H groups in total. The second-order valence-corrected chi connectivity index (χ2v) is 6.75. The Hall–Kier alpha value is -0.240. The number of aliphatic hydroxyl groups is 4. The molecule has 0 bridgehead atoms. The van der Waals surface area contributed by atoms with Gasteiger partial charge in [-0.15, -0.1) is 0 Å². The Labute approximate surface area is 145 Å². The Morgan fingerprint density at radius 2 is 1.29 bits per heavy atom. The third-order valence-electron chi connectivity index (χ3n) is 4.63. The van der Waals surface area contributed by atoms with E-state index in [1.807, 2.05) is 0 Å². The fourth-order valence-corrected chi connectivity index (χ4v) is 2.99. The van der Waals surface area contributed by atoms with Gasteiger partial charge in [0.15, 0.2) is 6.29 Å². The van der Waals surface area contributed by atoms with Crippen molar-refractivity contribution in [2.45, 2.75) is 102 Å². The largest absolute Gasteiger partial charge is 0.394 e. The van der Waals surface area contributed by atoms with Crippen molar-refractivity contribution in [3.8, 4) is 0 Å². The number of unbranched alkanes of at least 4 members (excludes halogenated alkanes) is 9. The summed E-state index contributed by atoms with van der Waals surface area (Å²) in [5.41, 5.74) is 0. The van der Waals surface area contributed by atoms with E-state index in [0.717, 1.165) is 12.8 Å². The Balaban J connectivity index is 2.02. The van der Waals surface area contributed by atoms with Crippen LogP contribution in [0.25, 0.3) is 0 Å². The van der Waals surface area contributed by atoms with E-state index >= 15 is 0 Å². The van der Waals surface area contributed by atoms with E-state index in [1.54, 1.807) is 0 Å². The molecule has 1 rings (SSSR count). The number of hydrogen-bond acceptors (Lipinski definition) is 6. The molecule has 1 aliphatic rings. The fraction of sp³-hybridized carbons (Fsp3) is 1.00. The number of hydrogen-bond donors (Lipinski definition) is 4. The minimum atomic E-state index is -1.37. The van der Waals surface area contributed by atoms with Gasteiger partial charge in [0.25, 0.3) is 0 Å². The highest BCUT2D eigenvalue weighted by molar-refractivity contribution is 4.88. The lowest BCUT2D eigenvalue weighted by Gasteiger charge is -2.39. The maximum absolute atomic E-state index is 9.84. The summed E-state index contributed by atoms with van der Waals surface area (Å²) < 4.78 is 10.8. The molecule has 0 aliphatic carbocycles. The Morgan fingerprint density at radius 1 is 0.750 bits per heavy atom. The van der Waals surface area contributed by atoms with Crippen LogP contribution < -0.4 is 0 Å². The van der Waals surface area contributed by atoms with Crippen LogP contribution >= 0.6 is 0 Å². The molecule has 1 aliphatic heterocycles. The SMILES string of the molecule is CCCCCCCCCCCCO[C@@H]1O[C@H](CO)[C@H](O)[C@H](O)[C@@H]1O. The van der Waals surface area contributed by atoms with Gasteiger partial charge in [0.1, 0.15) is 24.4 Å². The monoisotopic (exact) mass is 348 g/mol. The van der Waals surface area contributed by atoms with Crippen molar-refractivity contribution in [1.29, 1.82) is 0 Å². The Bertz CT molecular complexity index is 299. The van der Waals surface area contributed by atoms with Crippen molar-refractivity contribution in [1.82, 2.24) is 0 Å². The Kier molecular flexibility index (Phi) is 11.8. The zero-order chi connectivity index (χ0) is 17.8. The number of aliphatic hydroxyl groups excluding tert-OH is 4. The van der Waals surface area contributed by atoms with Gasteiger partial charge >= 0.3 is 0 Å². The van der Waals surface area contributed by atoms with E-state index in [9.17, 15) is 15.3 Å². The van der Waals surface area contributed by atoms with Crippen LogP contribution in [-0.2, 0) is 9.47 Å². The first-order chi connectivity index (χ1) is 11.6. The van der Waals surface area contributed by atoms with Crippen LogP contribution in [0.4, 0.5) is 0 Å². The van der Waals surface area contributed by atoms with E-state index in [1.165, 1.54) is 51.4 Å². The molecule has 1 fully saturated rings. The summed E-state index contributed by atoms with van der Waals surface area (Å²) in [5, 5.41) is 38.3. The van der Waals surface area contributed by atoms with Crippen LogP contribution in [0.5, 0.6) is 0 Å². The highest BCUT2D eigenvalue weighted by Gasteiger charge is 2.43. The van der Waals surface area contributed by atoms with E-state index in [0.29, 0.717) is 6.61 Å². The molecule has 6 nitrogen and oxygen atoms in total. The summed E-state index contributed by atoms with van der Waals surface area (Å²) in [6.45, 7) is 2.23. The highest BCUT2D eigenvalue weighted by atomic mass is 16.7. The summed E-state index contributed by atoms with van der Waals surface area (Å²) in [6.07, 6.45) is 6.37. The molecule has 0 spiro atoms. The molecule has 6 heteroatoms. The van der Waals surface area contributed by atoms with Crippen molar-refractivity contribution in [3.05, 3.63) is 0 Å². The van der Waals surface area contributed by atoms with Crippen LogP contribution in [0, 0.1) is 0 Å². The summed E-state index contributed by atoms with van der Waals surface area (Å²) >= 11 is 0. The molecule has 0 aromatic carbocycles. The average molecular weight is 348 g/mol.